The van der Waals surface area contributed by atoms with Crippen LogP contribution in [0.15, 0.2) is 36.5 Å². The number of carbonyl (C=O) groups excluding carboxylic acids is 1. The average molecular weight is 514 g/mol. The second-order valence-electron chi connectivity index (χ2n) is 9.31. The van der Waals surface area contributed by atoms with Gasteiger partial charge < -0.3 is 10.4 Å². The third-order valence-corrected chi connectivity index (χ3v) is 6.55. The fourth-order valence-electron chi connectivity index (χ4n) is 3.70. The molecule has 0 aromatic carbocycles. The van der Waals surface area contributed by atoms with E-state index in [4.69, 9.17) is 0 Å². The highest BCUT2D eigenvalue weighted by Crippen LogP contribution is 2.09. The van der Waals surface area contributed by atoms with Gasteiger partial charge in [0.05, 0.1) is 17.9 Å². The molecule has 0 aliphatic carbocycles. The number of carbonyl (C=O) groups is 1. The van der Waals surface area contributed by atoms with Crippen LogP contribution < -0.4 is 5.32 Å². The summed E-state index contributed by atoms with van der Waals surface area (Å²) in [6, 6.07) is -1.07. The van der Waals surface area contributed by atoms with Crippen LogP contribution in [-0.2, 0) is 14.9 Å². The van der Waals surface area contributed by atoms with Gasteiger partial charge in [-0.3, -0.25) is 9.35 Å². The van der Waals surface area contributed by atoms with Crippen molar-refractivity contribution in [3.05, 3.63) is 36.5 Å². The van der Waals surface area contributed by atoms with Crippen LogP contribution in [0.1, 0.15) is 117 Å². The first-order chi connectivity index (χ1) is 16.8. The lowest BCUT2D eigenvalue weighted by molar-refractivity contribution is -0.122. The molecule has 0 bridgehead atoms. The summed E-state index contributed by atoms with van der Waals surface area (Å²) in [4.78, 5) is 12.3. The standard InChI is InChI=1S/C28H51NO5S/c1-3-5-7-9-11-13-15-17-19-21-23-27(30)26(25-35(32,33)34)29-28(31)24-22-20-18-16-14-12-10-8-6-4-2/h8,10,13,15,21,23,26-27,30H,3-7,9,11-12,14,16-20,22,24-25H2,1-2H3,(H,29,31)(H,32,33,34)/b10-8-,15-13+,23-21+. The highest BCUT2D eigenvalue weighted by Gasteiger charge is 2.24. The van der Waals surface area contributed by atoms with E-state index in [2.05, 4.69) is 43.5 Å². The Morgan fingerprint density at radius 2 is 1.29 bits per heavy atom. The summed E-state index contributed by atoms with van der Waals surface area (Å²) >= 11 is 0. The Labute approximate surface area is 215 Å². The summed E-state index contributed by atoms with van der Waals surface area (Å²) in [5, 5.41) is 13.0. The average Bonchev–Trinajstić information content (AvgIpc) is 2.80. The maximum absolute atomic E-state index is 12.3. The van der Waals surface area contributed by atoms with Crippen molar-refractivity contribution in [1.82, 2.24) is 5.32 Å². The normalized spacial score (nSPS) is 14.3. The van der Waals surface area contributed by atoms with Gasteiger partial charge in [-0.25, -0.2) is 0 Å². The molecule has 0 aromatic heterocycles. The zero-order valence-electron chi connectivity index (χ0n) is 22.2. The third kappa shape index (κ3) is 24.0. The number of nitrogens with one attached hydrogen (secondary N) is 1. The van der Waals surface area contributed by atoms with Crippen molar-refractivity contribution in [2.24, 2.45) is 0 Å². The molecule has 3 N–H and O–H groups in total. The van der Waals surface area contributed by atoms with Gasteiger partial charge in [-0.2, -0.15) is 8.42 Å². The number of aliphatic hydroxyl groups excluding tert-OH is 1. The summed E-state index contributed by atoms with van der Waals surface area (Å²) in [5.41, 5.74) is 0. The van der Waals surface area contributed by atoms with E-state index in [9.17, 15) is 22.9 Å². The lowest BCUT2D eigenvalue weighted by atomic mass is 10.1. The maximum atomic E-state index is 12.3. The van der Waals surface area contributed by atoms with Crippen LogP contribution >= 0.6 is 0 Å². The fourth-order valence-corrected chi connectivity index (χ4v) is 4.43. The Balaban J connectivity index is 4.26. The molecule has 204 valence electrons. The second kappa shape index (κ2) is 23.0. The van der Waals surface area contributed by atoms with E-state index in [0.29, 0.717) is 12.8 Å². The predicted octanol–water partition coefficient (Wildman–Crippen LogP) is 6.67. The largest absolute Gasteiger partial charge is 0.387 e. The molecule has 0 aliphatic heterocycles. The smallest absolute Gasteiger partial charge is 0.267 e. The van der Waals surface area contributed by atoms with Crippen LogP contribution in [0, 0.1) is 0 Å². The number of unbranched alkanes of at least 4 members (excludes halogenated alkanes) is 11. The number of hydrogen-bond acceptors (Lipinski definition) is 4. The Morgan fingerprint density at radius 3 is 1.91 bits per heavy atom. The fraction of sp³-hybridized carbons (Fsp3) is 0.750. The number of allylic oxidation sites excluding steroid dienone is 5. The summed E-state index contributed by atoms with van der Waals surface area (Å²) in [5.74, 6) is -1.02. The molecule has 0 saturated carbocycles. The van der Waals surface area contributed by atoms with Crippen LogP contribution in [0.5, 0.6) is 0 Å². The SMILES string of the molecule is CCC/C=C\CCCCCCCC(=O)NC(CS(=O)(=O)O)C(O)/C=C/CC/C=C/CCCCCC. The second-order valence-corrected chi connectivity index (χ2v) is 10.8. The van der Waals surface area contributed by atoms with Crippen LogP contribution in [0.2, 0.25) is 0 Å². The van der Waals surface area contributed by atoms with E-state index in [-0.39, 0.29) is 12.3 Å². The first-order valence-corrected chi connectivity index (χ1v) is 15.3. The van der Waals surface area contributed by atoms with Gasteiger partial charge in [0.25, 0.3) is 10.1 Å². The Hall–Kier alpha value is -1.44. The molecule has 2 unspecified atom stereocenters. The molecule has 0 aliphatic rings. The summed E-state index contributed by atoms with van der Waals surface area (Å²) < 4.78 is 32.0. The lowest BCUT2D eigenvalue weighted by Crippen LogP contribution is -2.46. The molecule has 2 atom stereocenters. The highest BCUT2D eigenvalue weighted by atomic mass is 32.2. The molecule has 0 radical (unpaired) electrons. The molecule has 0 aromatic rings. The first kappa shape index (κ1) is 33.6. The van der Waals surface area contributed by atoms with E-state index in [0.717, 1.165) is 51.4 Å². The Morgan fingerprint density at radius 1 is 0.743 bits per heavy atom. The molecular formula is C28H51NO5S. The molecule has 0 fully saturated rings. The van der Waals surface area contributed by atoms with Crippen LogP contribution in [0.25, 0.3) is 0 Å². The van der Waals surface area contributed by atoms with E-state index in [1.54, 1.807) is 6.08 Å². The van der Waals surface area contributed by atoms with Gasteiger partial charge in [-0.05, 0) is 51.4 Å². The van der Waals surface area contributed by atoms with E-state index in [1.807, 2.05) is 0 Å². The van der Waals surface area contributed by atoms with Crippen molar-refractivity contribution in [3.63, 3.8) is 0 Å². The lowest BCUT2D eigenvalue weighted by Gasteiger charge is -2.21. The van der Waals surface area contributed by atoms with Crippen molar-refractivity contribution in [1.29, 1.82) is 0 Å². The molecule has 0 saturated heterocycles. The van der Waals surface area contributed by atoms with E-state index >= 15 is 0 Å². The van der Waals surface area contributed by atoms with E-state index in [1.165, 1.54) is 38.2 Å². The van der Waals surface area contributed by atoms with Gasteiger partial charge in [0.1, 0.15) is 0 Å². The van der Waals surface area contributed by atoms with Crippen LogP contribution in [0.4, 0.5) is 0 Å². The molecule has 0 heterocycles. The predicted molar refractivity (Wildman–Crippen MR) is 147 cm³/mol. The minimum Gasteiger partial charge on any atom is -0.387 e. The number of amides is 1. The molecule has 35 heavy (non-hydrogen) atoms. The summed E-state index contributed by atoms with van der Waals surface area (Å²) in [7, 11) is -4.34. The molecule has 0 rings (SSSR count). The number of rotatable bonds is 23. The Bertz CT molecular complexity index is 700. The topological polar surface area (TPSA) is 104 Å². The zero-order valence-corrected chi connectivity index (χ0v) is 23.0. The monoisotopic (exact) mass is 513 g/mol. The Kier molecular flexibility index (Phi) is 22.0. The maximum Gasteiger partial charge on any atom is 0.267 e. The molecular weight excluding hydrogens is 462 g/mol. The van der Waals surface area contributed by atoms with Gasteiger partial charge >= 0.3 is 0 Å². The van der Waals surface area contributed by atoms with Crippen LogP contribution in [0.3, 0.4) is 0 Å². The van der Waals surface area contributed by atoms with Gasteiger partial charge in [0, 0.05) is 6.42 Å². The highest BCUT2D eigenvalue weighted by molar-refractivity contribution is 7.85. The van der Waals surface area contributed by atoms with Gasteiger partial charge in [0.2, 0.25) is 5.91 Å². The third-order valence-electron chi connectivity index (χ3n) is 5.77. The van der Waals surface area contributed by atoms with Crippen molar-refractivity contribution in [2.45, 2.75) is 129 Å². The quantitative estimate of drug-likeness (QED) is 0.0804. The van der Waals surface area contributed by atoms with Crippen LogP contribution in [-0.4, -0.2) is 41.9 Å². The summed E-state index contributed by atoms with van der Waals surface area (Å²) in [6.07, 6.45) is 27.1. The van der Waals surface area contributed by atoms with Gasteiger partial charge in [-0.1, -0.05) is 95.2 Å². The number of hydrogen-bond donors (Lipinski definition) is 3. The minimum absolute atomic E-state index is 0.276. The van der Waals surface area contributed by atoms with E-state index < -0.39 is 28.0 Å². The zero-order chi connectivity index (χ0) is 26.2. The van der Waals surface area contributed by atoms with Crippen molar-refractivity contribution < 1.29 is 22.9 Å². The first-order valence-electron chi connectivity index (χ1n) is 13.7. The molecule has 0 spiro atoms. The van der Waals surface area contributed by atoms with Crippen molar-refractivity contribution in [3.8, 4) is 0 Å². The number of aliphatic hydroxyl groups is 1. The summed E-state index contributed by atoms with van der Waals surface area (Å²) in [6.45, 7) is 4.36. The molecule has 7 heteroatoms. The van der Waals surface area contributed by atoms with Gasteiger partial charge in [0.15, 0.2) is 0 Å². The van der Waals surface area contributed by atoms with Crippen molar-refractivity contribution >= 4 is 16.0 Å². The van der Waals surface area contributed by atoms with Crippen molar-refractivity contribution in [2.75, 3.05) is 5.75 Å². The minimum atomic E-state index is -4.34. The molecule has 1 amide bonds. The van der Waals surface area contributed by atoms with Gasteiger partial charge in [-0.15, -0.1) is 0 Å². The molecule has 6 nitrogen and oxygen atoms in total.